The van der Waals surface area contributed by atoms with Crippen molar-refractivity contribution in [2.75, 3.05) is 13.7 Å². The van der Waals surface area contributed by atoms with Gasteiger partial charge in [-0.05, 0) is 40.8 Å². The Labute approximate surface area is 159 Å². The second-order valence-corrected chi connectivity index (χ2v) is 6.97. The van der Waals surface area contributed by atoms with Crippen LogP contribution in [-0.2, 0) is 14.9 Å². The molecule has 2 aromatic carbocycles. The molecule has 1 amide bonds. The molecule has 2 rings (SSSR count). The molecule has 0 atom stereocenters. The first-order valence-corrected chi connectivity index (χ1v) is 8.53. The Morgan fingerprint density at radius 2 is 1.67 bits per heavy atom. The molecule has 0 aromatic heterocycles. The zero-order valence-corrected chi connectivity index (χ0v) is 16.0. The van der Waals surface area contributed by atoms with Crippen molar-refractivity contribution in [1.82, 2.24) is 5.43 Å². The first kappa shape index (κ1) is 20.2. The Morgan fingerprint density at radius 3 is 2.22 bits per heavy atom. The second kappa shape index (κ2) is 8.98. The number of benzene rings is 2. The molecule has 1 N–H and O–H groups in total. The lowest BCUT2D eigenvalue weighted by molar-refractivity contribution is -0.123. The Morgan fingerprint density at radius 1 is 1.04 bits per heavy atom. The molecule has 0 aliphatic heterocycles. The molecule has 142 valence electrons. The maximum absolute atomic E-state index is 11.8. The predicted molar refractivity (Wildman–Crippen MR) is 104 cm³/mol. The molecule has 0 aliphatic carbocycles. The first-order valence-electron chi connectivity index (χ1n) is 8.53. The van der Waals surface area contributed by atoms with Gasteiger partial charge < -0.3 is 9.47 Å². The van der Waals surface area contributed by atoms with Gasteiger partial charge in [-0.3, -0.25) is 4.79 Å². The van der Waals surface area contributed by atoms with Crippen molar-refractivity contribution in [2.24, 2.45) is 5.10 Å². The van der Waals surface area contributed by atoms with E-state index >= 15 is 0 Å². The number of carbonyl (C=O) groups is 2. The van der Waals surface area contributed by atoms with Gasteiger partial charge in [0.05, 0.1) is 18.9 Å². The summed E-state index contributed by atoms with van der Waals surface area (Å²) in [5, 5.41) is 3.87. The summed E-state index contributed by atoms with van der Waals surface area (Å²) in [6, 6.07) is 14.3. The van der Waals surface area contributed by atoms with Gasteiger partial charge in [0, 0.05) is 0 Å². The minimum Gasteiger partial charge on any atom is -0.484 e. The monoisotopic (exact) mass is 368 g/mol. The summed E-state index contributed by atoms with van der Waals surface area (Å²) >= 11 is 0. The molecule has 2 aromatic rings. The van der Waals surface area contributed by atoms with E-state index in [9.17, 15) is 9.59 Å². The largest absolute Gasteiger partial charge is 0.484 e. The van der Waals surface area contributed by atoms with Crippen LogP contribution in [0.25, 0.3) is 0 Å². The Kier molecular flexibility index (Phi) is 6.71. The maximum atomic E-state index is 11.8. The number of ether oxygens (including phenoxy) is 2. The van der Waals surface area contributed by atoms with E-state index in [2.05, 4.69) is 36.0 Å². The van der Waals surface area contributed by atoms with E-state index in [1.165, 1.54) is 18.9 Å². The highest BCUT2D eigenvalue weighted by Gasteiger charge is 2.13. The van der Waals surface area contributed by atoms with Crippen LogP contribution in [0.5, 0.6) is 5.75 Å². The molecular formula is C21H24N2O4. The Balaban J connectivity index is 1.80. The molecule has 0 aliphatic rings. The minimum absolute atomic E-state index is 0.0691. The van der Waals surface area contributed by atoms with Crippen molar-refractivity contribution >= 4 is 18.1 Å². The van der Waals surface area contributed by atoms with Crippen molar-refractivity contribution in [3.8, 4) is 5.75 Å². The summed E-state index contributed by atoms with van der Waals surface area (Å²) < 4.78 is 10.1. The summed E-state index contributed by atoms with van der Waals surface area (Å²) in [4.78, 5) is 23.2. The molecule has 0 radical (unpaired) electrons. The van der Waals surface area contributed by atoms with Crippen molar-refractivity contribution in [1.29, 1.82) is 0 Å². The Hall–Kier alpha value is -3.15. The number of hydrogen-bond acceptors (Lipinski definition) is 5. The summed E-state index contributed by atoms with van der Waals surface area (Å²) in [6.45, 7) is 6.28. The standard InChI is InChI=1S/C21H24N2O4/c1-21(2,3)17-9-11-18(12-10-17)27-14-19(24)23-22-13-15-5-7-16(8-6-15)20(25)26-4/h5-13H,14H2,1-4H3,(H,23,24)/b22-13-. The van der Waals surface area contributed by atoms with Gasteiger partial charge in [-0.15, -0.1) is 0 Å². The third kappa shape index (κ3) is 6.26. The van der Waals surface area contributed by atoms with Gasteiger partial charge in [0.2, 0.25) is 0 Å². The molecule has 6 heteroatoms. The summed E-state index contributed by atoms with van der Waals surface area (Å²) in [5.74, 6) is -0.141. The minimum atomic E-state index is -0.403. The van der Waals surface area contributed by atoms with Crippen LogP contribution in [0.4, 0.5) is 0 Å². The fraction of sp³-hybridized carbons (Fsp3) is 0.286. The number of amides is 1. The molecule has 0 saturated heterocycles. The lowest BCUT2D eigenvalue weighted by atomic mass is 9.87. The average molecular weight is 368 g/mol. The smallest absolute Gasteiger partial charge is 0.337 e. The zero-order chi connectivity index (χ0) is 19.9. The number of methoxy groups -OCH3 is 1. The highest BCUT2D eigenvalue weighted by molar-refractivity contribution is 5.90. The van der Waals surface area contributed by atoms with Gasteiger partial charge in [0.15, 0.2) is 6.61 Å². The van der Waals surface area contributed by atoms with Gasteiger partial charge in [-0.25, -0.2) is 10.2 Å². The zero-order valence-electron chi connectivity index (χ0n) is 16.0. The van der Waals surface area contributed by atoms with Crippen LogP contribution in [0.3, 0.4) is 0 Å². The van der Waals surface area contributed by atoms with Crippen LogP contribution in [0, 0.1) is 0 Å². The van der Waals surface area contributed by atoms with Gasteiger partial charge in [-0.2, -0.15) is 5.10 Å². The van der Waals surface area contributed by atoms with Crippen molar-refractivity contribution in [3.63, 3.8) is 0 Å². The lowest BCUT2D eigenvalue weighted by Gasteiger charge is -2.19. The highest BCUT2D eigenvalue weighted by Crippen LogP contribution is 2.24. The normalized spacial score (nSPS) is 11.3. The van der Waals surface area contributed by atoms with Crippen molar-refractivity contribution in [3.05, 3.63) is 65.2 Å². The van der Waals surface area contributed by atoms with Gasteiger partial charge in [-0.1, -0.05) is 45.0 Å². The number of esters is 1. The average Bonchev–Trinajstić information content (AvgIpc) is 2.66. The molecule has 0 saturated carbocycles. The topological polar surface area (TPSA) is 77.0 Å². The third-order valence-electron chi connectivity index (χ3n) is 3.82. The SMILES string of the molecule is COC(=O)c1ccc(/C=N\NC(=O)COc2ccc(C(C)(C)C)cc2)cc1. The fourth-order valence-electron chi connectivity index (χ4n) is 2.23. The number of rotatable bonds is 6. The molecule has 0 bridgehead atoms. The van der Waals surface area contributed by atoms with Gasteiger partial charge in [0.1, 0.15) is 5.75 Å². The quantitative estimate of drug-likeness (QED) is 0.482. The lowest BCUT2D eigenvalue weighted by Crippen LogP contribution is -2.24. The molecule has 0 spiro atoms. The molecule has 27 heavy (non-hydrogen) atoms. The summed E-state index contributed by atoms with van der Waals surface area (Å²) in [7, 11) is 1.33. The van der Waals surface area contributed by atoms with Crippen LogP contribution in [0.2, 0.25) is 0 Å². The van der Waals surface area contributed by atoms with Gasteiger partial charge in [0.25, 0.3) is 5.91 Å². The van der Waals surface area contributed by atoms with Gasteiger partial charge >= 0.3 is 5.97 Å². The third-order valence-corrected chi connectivity index (χ3v) is 3.82. The van der Waals surface area contributed by atoms with E-state index in [4.69, 9.17) is 4.74 Å². The first-order chi connectivity index (χ1) is 12.8. The highest BCUT2D eigenvalue weighted by atomic mass is 16.5. The van der Waals surface area contributed by atoms with E-state index in [1.54, 1.807) is 24.3 Å². The number of carbonyl (C=O) groups excluding carboxylic acids is 2. The Bertz CT molecular complexity index is 804. The van der Waals surface area contributed by atoms with Crippen LogP contribution >= 0.6 is 0 Å². The van der Waals surface area contributed by atoms with E-state index in [0.717, 1.165) is 5.56 Å². The molecular weight excluding hydrogens is 344 g/mol. The summed E-state index contributed by atoms with van der Waals surface area (Å²) in [5.41, 5.74) is 4.85. The number of hydrazone groups is 1. The molecule has 6 nitrogen and oxygen atoms in total. The van der Waals surface area contributed by atoms with Crippen molar-refractivity contribution < 1.29 is 19.1 Å². The number of nitrogens with zero attached hydrogens (tertiary/aromatic N) is 1. The molecule has 0 unspecified atom stereocenters. The van der Waals surface area contributed by atoms with Crippen LogP contribution < -0.4 is 10.2 Å². The van der Waals surface area contributed by atoms with Crippen LogP contribution in [-0.4, -0.2) is 31.8 Å². The molecule has 0 heterocycles. The maximum Gasteiger partial charge on any atom is 0.337 e. The van der Waals surface area contributed by atoms with Crippen molar-refractivity contribution in [2.45, 2.75) is 26.2 Å². The summed E-state index contributed by atoms with van der Waals surface area (Å²) in [6.07, 6.45) is 1.48. The number of hydrogen-bond donors (Lipinski definition) is 1. The van der Waals surface area contributed by atoms with E-state index in [0.29, 0.717) is 11.3 Å². The number of nitrogens with one attached hydrogen (secondary N) is 1. The fourth-order valence-corrected chi connectivity index (χ4v) is 2.23. The second-order valence-electron chi connectivity index (χ2n) is 6.97. The molecule has 0 fully saturated rings. The van der Waals surface area contributed by atoms with E-state index in [-0.39, 0.29) is 17.9 Å². The van der Waals surface area contributed by atoms with E-state index < -0.39 is 5.97 Å². The van der Waals surface area contributed by atoms with Crippen LogP contribution in [0.1, 0.15) is 42.3 Å². The van der Waals surface area contributed by atoms with Crippen LogP contribution in [0.15, 0.2) is 53.6 Å². The van der Waals surface area contributed by atoms with E-state index in [1.807, 2.05) is 24.3 Å². The predicted octanol–water partition coefficient (Wildman–Crippen LogP) is 3.30.